The molecule has 20 heteroatoms. The molecule has 1 heterocycles. The van der Waals surface area contributed by atoms with E-state index >= 15 is 0 Å². The standard InChI is InChI=1S/C19H17Cl2NO4.C14H13ClO5S.C5H12NO4P/c1-2-26-19(25)16(21)10-11-9-12(7-8-15(11)20)22-17(23)13-5-3-4-6-14(13)18(22)24;1-21(19,20)8-5-6-9(10(15)7-8)14(18)13-11(16)3-2-4-12(13)17;1-11(9,10)3-2-4(6)5(7)8/h7-10H,2-6H2,1H3;5-7,13H,2-4H2,1H3;4H,2-3,6H2,1H3,(H,7,8)(H,9,10)/b16-10-;;. The SMILES string of the molecule is CCOC(=O)/C(Cl)=C/c1cc(N2C(=O)C3=C(CCCC3)C2=O)ccc1Cl.CP(=O)(O)CCC(N)C(=O)O.CS(=O)(=O)c1ccc(C(=O)C2C(=O)CCCC2=O)c(Cl)c1. The molecule has 0 saturated heterocycles. The highest BCUT2D eigenvalue weighted by Gasteiger charge is 2.40. The monoisotopic (exact) mass is 902 g/mol. The summed E-state index contributed by atoms with van der Waals surface area (Å²) in [5.74, 6) is -5.13. The van der Waals surface area contributed by atoms with Gasteiger partial charge in [0.05, 0.1) is 22.2 Å². The number of hydrogen-bond acceptors (Lipinski definition) is 12. The minimum Gasteiger partial charge on any atom is -0.480 e. The summed E-state index contributed by atoms with van der Waals surface area (Å²) in [5, 5.41) is 8.41. The summed E-state index contributed by atoms with van der Waals surface area (Å²) >= 11 is 18.1. The molecule has 0 bridgehead atoms. The lowest BCUT2D eigenvalue weighted by Gasteiger charge is -2.18. The van der Waals surface area contributed by atoms with Gasteiger partial charge in [-0.25, -0.2) is 18.1 Å². The van der Waals surface area contributed by atoms with Gasteiger partial charge in [0, 0.05) is 53.7 Å². The number of hydrogen-bond donors (Lipinski definition) is 3. The van der Waals surface area contributed by atoms with Crippen LogP contribution in [0.4, 0.5) is 5.69 Å². The number of halogens is 3. The lowest BCUT2D eigenvalue weighted by molar-refractivity contribution is -0.139. The minimum atomic E-state index is -3.44. The number of carbonyl (C=O) groups is 7. The zero-order chi connectivity index (χ0) is 43.7. The summed E-state index contributed by atoms with van der Waals surface area (Å²) < 4.78 is 38.3. The van der Waals surface area contributed by atoms with E-state index in [9.17, 15) is 46.5 Å². The van der Waals surface area contributed by atoms with Gasteiger partial charge in [-0.15, -0.1) is 0 Å². The molecule has 5 rings (SSSR count). The summed E-state index contributed by atoms with van der Waals surface area (Å²) in [5.41, 5.74) is 7.13. The fraction of sp³-hybridized carbons (Fsp3) is 0.395. The van der Waals surface area contributed by atoms with Crippen molar-refractivity contribution < 1.29 is 61.3 Å². The van der Waals surface area contributed by atoms with Gasteiger partial charge in [-0.05, 0) is 93.5 Å². The predicted molar refractivity (Wildman–Crippen MR) is 217 cm³/mol. The first-order chi connectivity index (χ1) is 27.0. The van der Waals surface area contributed by atoms with Crippen LogP contribution in [0.1, 0.15) is 74.2 Å². The molecule has 0 radical (unpaired) electrons. The van der Waals surface area contributed by atoms with Crippen LogP contribution in [0.5, 0.6) is 0 Å². The van der Waals surface area contributed by atoms with Crippen LogP contribution in [0.2, 0.25) is 10.0 Å². The van der Waals surface area contributed by atoms with E-state index in [0.29, 0.717) is 46.7 Å². The van der Waals surface area contributed by atoms with E-state index in [4.69, 9.17) is 55.3 Å². The van der Waals surface area contributed by atoms with E-state index < -0.39 is 58.5 Å². The Balaban J connectivity index is 0.000000252. The van der Waals surface area contributed by atoms with Crippen molar-refractivity contribution in [1.29, 1.82) is 0 Å². The maximum atomic E-state index is 12.7. The molecule has 1 aliphatic heterocycles. The number of esters is 1. The highest BCUT2D eigenvalue weighted by atomic mass is 35.5. The molecule has 2 atom stereocenters. The summed E-state index contributed by atoms with van der Waals surface area (Å²) in [4.78, 5) is 92.9. The Morgan fingerprint density at radius 1 is 0.948 bits per heavy atom. The van der Waals surface area contributed by atoms with Crippen LogP contribution >= 0.6 is 42.2 Å². The highest BCUT2D eigenvalue weighted by molar-refractivity contribution is 7.90. The van der Waals surface area contributed by atoms with Gasteiger partial charge in [0.15, 0.2) is 34.6 Å². The number of carbonyl (C=O) groups excluding carboxylic acids is 6. The van der Waals surface area contributed by atoms with Crippen molar-refractivity contribution in [2.45, 2.75) is 69.2 Å². The molecule has 2 aromatic carbocycles. The second-order valence-electron chi connectivity index (χ2n) is 13.5. The first-order valence-electron chi connectivity index (χ1n) is 17.8. The van der Waals surface area contributed by atoms with Crippen molar-refractivity contribution in [3.05, 3.63) is 73.7 Å². The number of Topliss-reactive ketones (excluding diaryl/α,β-unsaturated/α-hetero) is 3. The summed E-state index contributed by atoms with van der Waals surface area (Å²) in [6.45, 7) is 3.06. The van der Waals surface area contributed by atoms with E-state index in [-0.39, 0.29) is 64.4 Å². The molecule has 0 spiro atoms. The topological polar surface area (TPSA) is 250 Å². The van der Waals surface area contributed by atoms with Crippen LogP contribution in [0.15, 0.2) is 57.5 Å². The second kappa shape index (κ2) is 20.8. The molecule has 4 N–H and O–H groups in total. The normalized spacial score (nSPS) is 17.7. The van der Waals surface area contributed by atoms with Crippen LogP contribution in [-0.2, 0) is 47.9 Å². The van der Waals surface area contributed by atoms with Gasteiger partial charge < -0.3 is 20.5 Å². The zero-order valence-corrected chi connectivity index (χ0v) is 35.6. The van der Waals surface area contributed by atoms with Crippen LogP contribution in [0, 0.1) is 5.92 Å². The van der Waals surface area contributed by atoms with Gasteiger partial charge in [0.25, 0.3) is 11.8 Å². The number of carboxylic acid groups (broad SMARTS) is 1. The smallest absolute Gasteiger partial charge is 0.349 e. The van der Waals surface area contributed by atoms with Crippen molar-refractivity contribution in [2.24, 2.45) is 11.7 Å². The minimum absolute atomic E-state index is 0.00216. The second-order valence-corrected chi connectivity index (χ2v) is 19.3. The Morgan fingerprint density at radius 3 is 2.00 bits per heavy atom. The number of nitrogens with two attached hydrogens (primary N) is 1. The number of aliphatic carboxylic acids is 1. The number of sulfone groups is 1. The summed E-state index contributed by atoms with van der Waals surface area (Å²) in [6.07, 6.45) is 6.32. The van der Waals surface area contributed by atoms with Crippen molar-refractivity contribution in [3.63, 3.8) is 0 Å². The third-order valence-corrected chi connectivity index (χ3v) is 12.1. The molecule has 1 saturated carbocycles. The Hall–Kier alpha value is -4.02. The number of ketones is 3. The average Bonchev–Trinajstić information content (AvgIpc) is 3.40. The number of ether oxygens (including phenoxy) is 1. The van der Waals surface area contributed by atoms with Crippen molar-refractivity contribution >= 4 is 105 Å². The quantitative estimate of drug-likeness (QED) is 0.0604. The van der Waals surface area contributed by atoms with E-state index in [1.54, 1.807) is 25.1 Å². The first-order valence-corrected chi connectivity index (χ1v) is 23.1. The van der Waals surface area contributed by atoms with Crippen molar-refractivity contribution in [2.75, 3.05) is 30.6 Å². The maximum absolute atomic E-state index is 12.7. The Bertz CT molecular complexity index is 2190. The first kappa shape index (κ1) is 48.3. The Morgan fingerprint density at radius 2 is 1.52 bits per heavy atom. The molecule has 15 nitrogen and oxygen atoms in total. The molecule has 1 fully saturated rings. The number of benzene rings is 2. The van der Waals surface area contributed by atoms with Crippen LogP contribution < -0.4 is 10.6 Å². The van der Waals surface area contributed by atoms with Crippen molar-refractivity contribution in [3.8, 4) is 0 Å². The molecule has 3 aliphatic rings. The van der Waals surface area contributed by atoms with Gasteiger partial charge in [-0.3, -0.25) is 33.3 Å². The average molecular weight is 904 g/mol. The maximum Gasteiger partial charge on any atom is 0.349 e. The number of carboxylic acids is 1. The number of amides is 2. The number of nitrogens with zero attached hydrogens (tertiary/aromatic N) is 1. The number of imide groups is 1. The van der Waals surface area contributed by atoms with E-state index in [0.717, 1.165) is 25.2 Å². The molecule has 2 amide bonds. The number of rotatable bonds is 11. The fourth-order valence-electron chi connectivity index (χ4n) is 5.93. The molecular formula is C38H42Cl3N2O13PS. The lowest BCUT2D eigenvalue weighted by Crippen LogP contribution is -2.35. The molecule has 2 aromatic rings. The molecule has 2 unspecified atom stereocenters. The van der Waals surface area contributed by atoms with Crippen LogP contribution in [0.25, 0.3) is 6.08 Å². The molecule has 2 aliphatic carbocycles. The predicted octanol–water partition coefficient (Wildman–Crippen LogP) is 5.78. The van der Waals surface area contributed by atoms with Gasteiger partial charge in [-0.1, -0.05) is 34.8 Å². The third kappa shape index (κ3) is 13.0. The van der Waals surface area contributed by atoms with Crippen molar-refractivity contribution in [1.82, 2.24) is 0 Å². The number of anilines is 1. The van der Waals surface area contributed by atoms with Crippen LogP contribution in [-0.4, -0.2) is 91.3 Å². The Labute approximate surface area is 349 Å². The van der Waals surface area contributed by atoms with E-state index in [2.05, 4.69) is 0 Å². The Kier molecular flexibility index (Phi) is 17.3. The van der Waals surface area contributed by atoms with Gasteiger partial charge in [-0.2, -0.15) is 0 Å². The summed E-state index contributed by atoms with van der Waals surface area (Å²) in [6, 6.07) is 7.35. The van der Waals surface area contributed by atoms with Gasteiger partial charge >= 0.3 is 11.9 Å². The molecule has 0 aromatic heterocycles. The van der Waals surface area contributed by atoms with E-state index in [1.807, 2.05) is 0 Å². The van der Waals surface area contributed by atoms with Gasteiger partial charge in [0.1, 0.15) is 17.0 Å². The molecule has 314 valence electrons. The van der Waals surface area contributed by atoms with E-state index in [1.165, 1.54) is 29.8 Å². The fourth-order valence-corrected chi connectivity index (χ4v) is 8.02. The molecule has 58 heavy (non-hydrogen) atoms. The zero-order valence-electron chi connectivity index (χ0n) is 31.7. The third-order valence-electron chi connectivity index (χ3n) is 8.94. The van der Waals surface area contributed by atoms with Gasteiger partial charge in [0.2, 0.25) is 0 Å². The van der Waals surface area contributed by atoms with Crippen LogP contribution in [0.3, 0.4) is 0 Å². The largest absolute Gasteiger partial charge is 0.480 e. The lowest BCUT2D eigenvalue weighted by atomic mass is 9.82. The summed E-state index contributed by atoms with van der Waals surface area (Å²) in [7, 11) is -6.55. The highest BCUT2D eigenvalue weighted by Crippen LogP contribution is 2.37. The molecular weight excluding hydrogens is 862 g/mol.